The first-order valence-electron chi connectivity index (χ1n) is 11.3. The molecule has 0 aliphatic rings. The van der Waals surface area contributed by atoms with Gasteiger partial charge in [-0.25, -0.2) is 18.7 Å². The Labute approximate surface area is 206 Å². The van der Waals surface area contributed by atoms with E-state index in [1.54, 1.807) is 10.9 Å². The largest absolute Gasteiger partial charge is 0.416 e. The third-order valence-corrected chi connectivity index (χ3v) is 6.15. The van der Waals surface area contributed by atoms with Gasteiger partial charge in [-0.3, -0.25) is 9.89 Å². The smallest absolute Gasteiger partial charge is 0.289 e. The van der Waals surface area contributed by atoms with E-state index in [1.165, 1.54) is 41.1 Å². The van der Waals surface area contributed by atoms with Gasteiger partial charge in [-0.15, -0.1) is 0 Å². The summed E-state index contributed by atoms with van der Waals surface area (Å²) in [5.41, 5.74) is 0.922. The Morgan fingerprint density at radius 2 is 1.68 bits per heavy atom. The van der Waals surface area contributed by atoms with Gasteiger partial charge in [-0.2, -0.15) is 18.3 Å². The first-order valence-corrected chi connectivity index (χ1v) is 11.3. The van der Waals surface area contributed by atoms with E-state index in [0.717, 1.165) is 17.7 Å². The molecule has 0 atom stereocenters. The van der Waals surface area contributed by atoms with Crippen molar-refractivity contribution < 1.29 is 17.6 Å². The molecule has 0 saturated heterocycles. The van der Waals surface area contributed by atoms with Gasteiger partial charge in [0.05, 0.1) is 46.0 Å². The molecule has 0 radical (unpaired) electrons. The first kappa shape index (κ1) is 22.7. The van der Waals surface area contributed by atoms with Gasteiger partial charge in [0.15, 0.2) is 5.65 Å². The highest BCUT2D eigenvalue weighted by Crippen LogP contribution is 2.35. The minimum absolute atomic E-state index is 0.0884. The average molecular weight is 503 g/mol. The SMILES string of the molecule is O=c1c2c(-c3cccc(C(F)(F)F)c3)nc3c(cnn3Cc3ccccc3)c2[nH]n1-c1ccc(F)cc1. The summed E-state index contributed by atoms with van der Waals surface area (Å²) in [6.07, 6.45) is -3.00. The van der Waals surface area contributed by atoms with Gasteiger partial charge in [-0.1, -0.05) is 42.5 Å². The van der Waals surface area contributed by atoms with E-state index in [0.29, 0.717) is 28.8 Å². The summed E-state index contributed by atoms with van der Waals surface area (Å²) in [5.74, 6) is -0.469. The Morgan fingerprint density at radius 1 is 0.919 bits per heavy atom. The fourth-order valence-electron chi connectivity index (χ4n) is 4.38. The zero-order chi connectivity index (χ0) is 25.7. The molecular formula is C27H17F4N5O. The van der Waals surface area contributed by atoms with Gasteiger partial charge >= 0.3 is 6.18 Å². The van der Waals surface area contributed by atoms with E-state index in [4.69, 9.17) is 0 Å². The molecule has 0 fully saturated rings. The fourth-order valence-corrected chi connectivity index (χ4v) is 4.38. The van der Waals surface area contributed by atoms with Crippen molar-refractivity contribution in [1.82, 2.24) is 24.5 Å². The van der Waals surface area contributed by atoms with Crippen LogP contribution in [-0.4, -0.2) is 24.5 Å². The van der Waals surface area contributed by atoms with Gasteiger partial charge in [-0.05, 0) is 42.0 Å². The lowest BCUT2D eigenvalue weighted by atomic mass is 10.0. The van der Waals surface area contributed by atoms with Crippen LogP contribution in [0.4, 0.5) is 17.6 Å². The van der Waals surface area contributed by atoms with Crippen LogP contribution < -0.4 is 5.56 Å². The van der Waals surface area contributed by atoms with Crippen molar-refractivity contribution in [1.29, 1.82) is 0 Å². The van der Waals surface area contributed by atoms with Crippen LogP contribution in [0.15, 0.2) is 89.9 Å². The molecule has 10 heteroatoms. The normalized spacial score (nSPS) is 12.0. The van der Waals surface area contributed by atoms with Crippen molar-refractivity contribution in [3.05, 3.63) is 112 Å². The minimum Gasteiger partial charge on any atom is -0.289 e. The van der Waals surface area contributed by atoms with E-state index in [-0.39, 0.29) is 16.6 Å². The lowest BCUT2D eigenvalue weighted by molar-refractivity contribution is -0.137. The number of fused-ring (bicyclic) bond motifs is 3. The highest BCUT2D eigenvalue weighted by molar-refractivity contribution is 6.07. The van der Waals surface area contributed by atoms with Gasteiger partial charge in [0.1, 0.15) is 5.82 Å². The summed E-state index contributed by atoms with van der Waals surface area (Å²) in [7, 11) is 0. The number of aromatic amines is 1. The molecule has 0 aliphatic carbocycles. The second-order valence-electron chi connectivity index (χ2n) is 8.54. The molecule has 6 nitrogen and oxygen atoms in total. The maximum atomic E-state index is 13.6. The highest BCUT2D eigenvalue weighted by atomic mass is 19.4. The number of H-pyrrole nitrogens is 1. The molecule has 0 spiro atoms. The number of pyridine rings is 1. The lowest BCUT2D eigenvalue weighted by Crippen LogP contribution is -2.15. The molecule has 6 aromatic rings. The Kier molecular flexibility index (Phi) is 5.18. The number of hydrogen-bond acceptors (Lipinski definition) is 3. The number of halogens is 4. The number of nitrogens with one attached hydrogen (secondary N) is 1. The molecule has 0 amide bonds. The zero-order valence-electron chi connectivity index (χ0n) is 19.0. The maximum Gasteiger partial charge on any atom is 0.416 e. The van der Waals surface area contributed by atoms with E-state index in [2.05, 4.69) is 15.2 Å². The molecule has 0 unspecified atom stereocenters. The van der Waals surface area contributed by atoms with Crippen molar-refractivity contribution in [2.24, 2.45) is 0 Å². The molecule has 6 rings (SSSR count). The summed E-state index contributed by atoms with van der Waals surface area (Å²) in [4.78, 5) is 18.3. The lowest BCUT2D eigenvalue weighted by Gasteiger charge is -2.10. The molecule has 3 heterocycles. The Bertz CT molecular complexity index is 1820. The van der Waals surface area contributed by atoms with Crippen LogP contribution in [-0.2, 0) is 12.7 Å². The van der Waals surface area contributed by atoms with E-state index >= 15 is 0 Å². The average Bonchev–Trinajstić information content (AvgIpc) is 3.45. The number of aromatic nitrogens is 5. The third-order valence-electron chi connectivity index (χ3n) is 6.15. The highest BCUT2D eigenvalue weighted by Gasteiger charge is 2.31. The predicted molar refractivity (Wildman–Crippen MR) is 131 cm³/mol. The number of hydrogen-bond donors (Lipinski definition) is 1. The van der Waals surface area contributed by atoms with Crippen molar-refractivity contribution in [3.63, 3.8) is 0 Å². The summed E-state index contributed by atoms with van der Waals surface area (Å²) in [6.45, 7) is 0.369. The Morgan fingerprint density at radius 3 is 2.41 bits per heavy atom. The van der Waals surface area contributed by atoms with Crippen molar-refractivity contribution >= 4 is 21.9 Å². The molecule has 3 aromatic carbocycles. The summed E-state index contributed by atoms with van der Waals surface area (Å²) in [6, 6.07) is 19.5. The van der Waals surface area contributed by atoms with Crippen LogP contribution >= 0.6 is 0 Å². The first-order chi connectivity index (χ1) is 17.8. The predicted octanol–water partition coefficient (Wildman–Crippen LogP) is 5.94. The minimum atomic E-state index is -4.57. The number of rotatable bonds is 4. The summed E-state index contributed by atoms with van der Waals surface area (Å²) < 4.78 is 56.9. The number of benzene rings is 3. The standard InChI is InChI=1S/C27H17F4N5O/c28-19-9-11-20(12-10-19)36-26(37)22-23(17-7-4-8-18(13-17)27(29,30)31)33-25-21(24(22)34-36)14-32-35(25)15-16-5-2-1-3-6-16/h1-14,34H,15H2. The topological polar surface area (TPSA) is 68.5 Å². The molecule has 3 aromatic heterocycles. The quantitative estimate of drug-likeness (QED) is 0.303. The third kappa shape index (κ3) is 3.96. The van der Waals surface area contributed by atoms with Crippen molar-refractivity contribution in [2.75, 3.05) is 0 Å². The number of nitrogens with zero attached hydrogens (tertiary/aromatic N) is 4. The van der Waals surface area contributed by atoms with Crippen molar-refractivity contribution in [2.45, 2.75) is 12.7 Å². The van der Waals surface area contributed by atoms with Gasteiger partial charge in [0, 0.05) is 5.56 Å². The molecule has 0 aliphatic heterocycles. The van der Waals surface area contributed by atoms with E-state index in [1.807, 2.05) is 30.3 Å². The summed E-state index contributed by atoms with van der Waals surface area (Å²) in [5, 5.41) is 8.12. The molecule has 1 N–H and O–H groups in total. The van der Waals surface area contributed by atoms with Gasteiger partial charge < -0.3 is 0 Å². The van der Waals surface area contributed by atoms with Crippen LogP contribution in [0, 0.1) is 5.82 Å². The molecular weight excluding hydrogens is 486 g/mol. The van der Waals surface area contributed by atoms with Crippen molar-refractivity contribution in [3.8, 4) is 16.9 Å². The van der Waals surface area contributed by atoms with E-state index < -0.39 is 23.1 Å². The van der Waals surface area contributed by atoms with Crippen LogP contribution in [0.3, 0.4) is 0 Å². The van der Waals surface area contributed by atoms with Crippen LogP contribution in [0.25, 0.3) is 38.9 Å². The van der Waals surface area contributed by atoms with Gasteiger partial charge in [0.2, 0.25) is 0 Å². The van der Waals surface area contributed by atoms with Crippen LogP contribution in [0.1, 0.15) is 11.1 Å². The Hall–Kier alpha value is -4.73. The fraction of sp³-hybridized carbons (Fsp3) is 0.0741. The maximum absolute atomic E-state index is 13.6. The van der Waals surface area contributed by atoms with Crippen LogP contribution in [0.2, 0.25) is 0 Å². The van der Waals surface area contributed by atoms with Crippen LogP contribution in [0.5, 0.6) is 0 Å². The van der Waals surface area contributed by atoms with E-state index in [9.17, 15) is 22.4 Å². The zero-order valence-corrected chi connectivity index (χ0v) is 19.0. The van der Waals surface area contributed by atoms with Gasteiger partial charge in [0.25, 0.3) is 5.56 Å². The molecule has 0 saturated carbocycles. The Balaban J connectivity index is 1.65. The molecule has 37 heavy (non-hydrogen) atoms. The molecule has 0 bridgehead atoms. The molecule has 184 valence electrons. The number of alkyl halides is 3. The monoisotopic (exact) mass is 503 g/mol. The summed E-state index contributed by atoms with van der Waals surface area (Å²) >= 11 is 0. The second-order valence-corrected chi connectivity index (χ2v) is 8.54. The second kappa shape index (κ2) is 8.44.